The zero-order valence-electron chi connectivity index (χ0n) is 17.8. The fourth-order valence-electron chi connectivity index (χ4n) is 3.63. The number of amides is 1. The highest BCUT2D eigenvalue weighted by Gasteiger charge is 2.23. The van der Waals surface area contributed by atoms with E-state index in [1.165, 1.54) is 16.9 Å². The van der Waals surface area contributed by atoms with Crippen LogP contribution in [0, 0.1) is 5.82 Å². The number of carbonyl (C=O) groups is 2. The zero-order chi connectivity index (χ0) is 22.5. The number of nitrogens with zero attached hydrogens (tertiary/aromatic N) is 5. The van der Waals surface area contributed by atoms with Crippen LogP contribution in [0.1, 0.15) is 34.2 Å². The van der Waals surface area contributed by atoms with Gasteiger partial charge in [0, 0.05) is 38.6 Å². The summed E-state index contributed by atoms with van der Waals surface area (Å²) in [6.07, 6.45) is 3.86. The Kier molecular flexibility index (Phi) is 6.44. The first-order valence-electron chi connectivity index (χ1n) is 10.5. The third kappa shape index (κ3) is 4.61. The second-order valence-electron chi connectivity index (χ2n) is 7.36. The van der Waals surface area contributed by atoms with E-state index in [2.05, 4.69) is 15.0 Å². The van der Waals surface area contributed by atoms with E-state index in [1.54, 1.807) is 54.4 Å². The van der Waals surface area contributed by atoms with Gasteiger partial charge < -0.3 is 14.5 Å². The van der Waals surface area contributed by atoms with Crippen LogP contribution in [0.15, 0.2) is 54.9 Å². The normalized spacial score (nSPS) is 14.2. The lowest BCUT2D eigenvalue weighted by Crippen LogP contribution is -2.35. The van der Waals surface area contributed by atoms with Crippen molar-refractivity contribution in [2.75, 3.05) is 37.7 Å². The summed E-state index contributed by atoms with van der Waals surface area (Å²) in [5.41, 5.74) is 0.984. The molecule has 0 radical (unpaired) electrons. The Bertz CT molecular complexity index is 1100. The van der Waals surface area contributed by atoms with E-state index in [0.717, 1.165) is 18.8 Å². The first-order valence-corrected chi connectivity index (χ1v) is 10.5. The van der Waals surface area contributed by atoms with Crippen molar-refractivity contribution in [3.8, 4) is 5.69 Å². The number of rotatable bonds is 5. The van der Waals surface area contributed by atoms with E-state index in [4.69, 9.17) is 4.74 Å². The SMILES string of the molecule is CCOC(=O)c1ccc(N2CCCN(C(=O)c3ccn(-c4ccccc4F)n3)CC2)nc1. The number of hydrogen-bond acceptors (Lipinski definition) is 6. The number of para-hydroxylation sites is 1. The van der Waals surface area contributed by atoms with Crippen LogP contribution in [-0.4, -0.2) is 64.3 Å². The summed E-state index contributed by atoms with van der Waals surface area (Å²) < 4.78 is 20.4. The molecule has 32 heavy (non-hydrogen) atoms. The van der Waals surface area contributed by atoms with Gasteiger partial charge in [-0.3, -0.25) is 4.79 Å². The lowest BCUT2D eigenvalue weighted by atomic mass is 10.2. The summed E-state index contributed by atoms with van der Waals surface area (Å²) in [4.78, 5) is 33.0. The van der Waals surface area contributed by atoms with Crippen molar-refractivity contribution in [3.05, 3.63) is 71.9 Å². The lowest BCUT2D eigenvalue weighted by Gasteiger charge is -2.22. The first kappa shape index (κ1) is 21.5. The van der Waals surface area contributed by atoms with Crippen LogP contribution in [0.2, 0.25) is 0 Å². The number of halogens is 1. The smallest absolute Gasteiger partial charge is 0.339 e. The molecule has 9 heteroatoms. The highest BCUT2D eigenvalue weighted by molar-refractivity contribution is 5.92. The van der Waals surface area contributed by atoms with Crippen molar-refractivity contribution in [2.24, 2.45) is 0 Å². The molecule has 1 saturated heterocycles. The molecule has 4 rings (SSSR count). The Balaban J connectivity index is 1.41. The van der Waals surface area contributed by atoms with Crippen LogP contribution in [0.3, 0.4) is 0 Å². The molecule has 0 N–H and O–H groups in total. The lowest BCUT2D eigenvalue weighted by molar-refractivity contribution is 0.0525. The predicted octanol–water partition coefficient (Wildman–Crippen LogP) is 2.94. The predicted molar refractivity (Wildman–Crippen MR) is 116 cm³/mol. The van der Waals surface area contributed by atoms with Gasteiger partial charge in [-0.05, 0) is 43.7 Å². The Morgan fingerprint density at radius 1 is 1.06 bits per heavy atom. The summed E-state index contributed by atoms with van der Waals surface area (Å²) in [6, 6.07) is 11.4. The standard InChI is InChI=1S/C23H24FN5O3/c1-2-32-23(31)17-8-9-21(25-16-17)27-11-5-12-28(15-14-27)22(30)19-10-13-29(26-19)20-7-4-3-6-18(20)24/h3-4,6-10,13,16H,2,5,11-12,14-15H2,1H3. The third-order valence-electron chi connectivity index (χ3n) is 5.27. The van der Waals surface area contributed by atoms with E-state index >= 15 is 0 Å². The van der Waals surface area contributed by atoms with Crippen molar-refractivity contribution in [3.63, 3.8) is 0 Å². The number of aromatic nitrogens is 3. The molecule has 3 heterocycles. The van der Waals surface area contributed by atoms with E-state index in [0.29, 0.717) is 37.5 Å². The molecule has 0 bridgehead atoms. The molecule has 0 unspecified atom stereocenters. The topological polar surface area (TPSA) is 80.6 Å². The van der Waals surface area contributed by atoms with E-state index in [9.17, 15) is 14.0 Å². The second-order valence-corrected chi connectivity index (χ2v) is 7.36. The van der Waals surface area contributed by atoms with Crippen molar-refractivity contribution in [2.45, 2.75) is 13.3 Å². The van der Waals surface area contributed by atoms with Gasteiger partial charge in [-0.1, -0.05) is 12.1 Å². The minimum absolute atomic E-state index is 0.187. The van der Waals surface area contributed by atoms with E-state index in [1.807, 2.05) is 0 Å². The van der Waals surface area contributed by atoms with Crippen molar-refractivity contribution < 1.29 is 18.7 Å². The third-order valence-corrected chi connectivity index (χ3v) is 5.27. The minimum Gasteiger partial charge on any atom is -0.462 e. The number of anilines is 1. The molecule has 1 amide bonds. The summed E-state index contributed by atoms with van der Waals surface area (Å²) in [5.74, 6) is -0.237. The van der Waals surface area contributed by atoms with Gasteiger partial charge in [0.25, 0.3) is 5.91 Å². The highest BCUT2D eigenvalue weighted by atomic mass is 19.1. The Hall–Kier alpha value is -3.75. The average Bonchev–Trinajstić information content (AvgIpc) is 3.17. The van der Waals surface area contributed by atoms with E-state index < -0.39 is 11.8 Å². The number of benzene rings is 1. The van der Waals surface area contributed by atoms with Gasteiger partial charge >= 0.3 is 5.97 Å². The van der Waals surface area contributed by atoms with Gasteiger partial charge in [0.05, 0.1) is 12.2 Å². The van der Waals surface area contributed by atoms with Gasteiger partial charge in [0.2, 0.25) is 0 Å². The molecule has 1 fully saturated rings. The molecule has 3 aromatic rings. The monoisotopic (exact) mass is 437 g/mol. The molecule has 1 aliphatic rings. The fourth-order valence-corrected chi connectivity index (χ4v) is 3.63. The van der Waals surface area contributed by atoms with Crippen LogP contribution in [0.4, 0.5) is 10.2 Å². The van der Waals surface area contributed by atoms with Crippen LogP contribution in [0.25, 0.3) is 5.69 Å². The van der Waals surface area contributed by atoms with Gasteiger partial charge in [-0.2, -0.15) is 5.10 Å². The largest absolute Gasteiger partial charge is 0.462 e. The highest BCUT2D eigenvalue weighted by Crippen LogP contribution is 2.17. The molecule has 166 valence electrons. The van der Waals surface area contributed by atoms with Crippen molar-refractivity contribution >= 4 is 17.7 Å². The van der Waals surface area contributed by atoms with Gasteiger partial charge in [0.15, 0.2) is 5.69 Å². The maximum absolute atomic E-state index is 14.0. The molecule has 8 nitrogen and oxygen atoms in total. The number of carbonyl (C=O) groups excluding carboxylic acids is 2. The molecule has 2 aromatic heterocycles. The molecular formula is C23H24FN5O3. The summed E-state index contributed by atoms with van der Waals surface area (Å²) >= 11 is 0. The Morgan fingerprint density at radius 3 is 2.66 bits per heavy atom. The van der Waals surface area contributed by atoms with Crippen LogP contribution in [-0.2, 0) is 4.74 Å². The average molecular weight is 437 g/mol. The number of esters is 1. The van der Waals surface area contributed by atoms with Crippen molar-refractivity contribution in [1.82, 2.24) is 19.7 Å². The van der Waals surface area contributed by atoms with Crippen molar-refractivity contribution in [1.29, 1.82) is 0 Å². The number of pyridine rings is 1. The maximum Gasteiger partial charge on any atom is 0.339 e. The summed E-state index contributed by atoms with van der Waals surface area (Å²) in [5, 5.41) is 4.28. The molecule has 0 aliphatic carbocycles. The zero-order valence-corrected chi connectivity index (χ0v) is 17.8. The van der Waals surface area contributed by atoms with Crippen LogP contribution < -0.4 is 4.90 Å². The maximum atomic E-state index is 14.0. The molecular weight excluding hydrogens is 413 g/mol. The molecule has 0 atom stereocenters. The Morgan fingerprint density at radius 2 is 1.91 bits per heavy atom. The number of ether oxygens (including phenoxy) is 1. The van der Waals surface area contributed by atoms with Gasteiger partial charge in [0.1, 0.15) is 17.3 Å². The summed E-state index contributed by atoms with van der Waals surface area (Å²) in [6.45, 7) is 4.50. The fraction of sp³-hybridized carbons (Fsp3) is 0.304. The number of hydrogen-bond donors (Lipinski definition) is 0. The molecule has 1 aromatic carbocycles. The van der Waals surface area contributed by atoms with E-state index in [-0.39, 0.29) is 11.6 Å². The van der Waals surface area contributed by atoms with Gasteiger partial charge in [-0.25, -0.2) is 18.9 Å². The quantitative estimate of drug-likeness (QED) is 0.571. The second kappa shape index (κ2) is 9.59. The Labute approximate surface area is 185 Å². The first-order chi connectivity index (χ1) is 15.6. The molecule has 0 spiro atoms. The molecule has 0 saturated carbocycles. The van der Waals surface area contributed by atoms with Gasteiger partial charge in [-0.15, -0.1) is 0 Å². The van der Waals surface area contributed by atoms with Crippen LogP contribution >= 0.6 is 0 Å². The minimum atomic E-state index is -0.401. The summed E-state index contributed by atoms with van der Waals surface area (Å²) in [7, 11) is 0. The molecule has 1 aliphatic heterocycles. The van der Waals surface area contributed by atoms with Crippen LogP contribution in [0.5, 0.6) is 0 Å².